The van der Waals surface area contributed by atoms with E-state index in [1.54, 1.807) is 12.7 Å². The van der Waals surface area contributed by atoms with Gasteiger partial charge in [-0.2, -0.15) is 0 Å². The fraction of sp³-hybridized carbons (Fsp3) is 0.812. The maximum atomic E-state index is 5.41. The van der Waals surface area contributed by atoms with Crippen LogP contribution >= 0.6 is 0 Å². The molecule has 5 nitrogen and oxygen atoms in total. The molecule has 0 aromatic carbocycles. The first-order valence-electron chi connectivity index (χ1n) is 8.13. The molecule has 0 fully saturated rings. The van der Waals surface area contributed by atoms with Crippen LogP contribution in [0.15, 0.2) is 16.6 Å². The van der Waals surface area contributed by atoms with Crippen molar-refractivity contribution in [2.24, 2.45) is 4.99 Å². The minimum absolute atomic E-state index is 0.629. The lowest BCUT2D eigenvalue weighted by atomic mass is 9.97. The summed E-state index contributed by atoms with van der Waals surface area (Å²) in [5, 5.41) is 6.65. The zero-order chi connectivity index (χ0) is 15.2. The van der Waals surface area contributed by atoms with Crippen molar-refractivity contribution in [3.05, 3.63) is 11.6 Å². The van der Waals surface area contributed by atoms with Crippen LogP contribution in [0.5, 0.6) is 0 Å². The highest BCUT2D eigenvalue weighted by atomic mass is 16.5. The van der Waals surface area contributed by atoms with Crippen molar-refractivity contribution in [2.45, 2.75) is 39.0 Å². The van der Waals surface area contributed by atoms with Gasteiger partial charge in [-0.1, -0.05) is 11.6 Å². The second-order valence-electron chi connectivity index (χ2n) is 5.15. The Kier molecular flexibility index (Phi) is 10.8. The molecule has 0 aromatic heterocycles. The molecule has 0 spiro atoms. The maximum Gasteiger partial charge on any atom is 0.191 e. The Bertz CT molecular complexity index is 317. The Morgan fingerprint density at radius 2 is 2.14 bits per heavy atom. The molecule has 0 unspecified atom stereocenters. The fourth-order valence-corrected chi connectivity index (χ4v) is 2.28. The van der Waals surface area contributed by atoms with Crippen LogP contribution < -0.4 is 10.6 Å². The molecular formula is C16H31N3O2. The van der Waals surface area contributed by atoms with Crippen LogP contribution in [0.25, 0.3) is 0 Å². The van der Waals surface area contributed by atoms with E-state index in [1.807, 2.05) is 0 Å². The summed E-state index contributed by atoms with van der Waals surface area (Å²) in [6, 6.07) is 0. The van der Waals surface area contributed by atoms with E-state index in [1.165, 1.54) is 25.7 Å². The number of aliphatic imine (C=N–C) groups is 1. The van der Waals surface area contributed by atoms with Gasteiger partial charge in [0.05, 0.1) is 26.4 Å². The average Bonchev–Trinajstić information content (AvgIpc) is 2.51. The lowest BCUT2D eigenvalue weighted by molar-refractivity contribution is 0.0748. The van der Waals surface area contributed by atoms with Gasteiger partial charge in [0.15, 0.2) is 5.96 Å². The predicted molar refractivity (Wildman–Crippen MR) is 87.8 cm³/mol. The van der Waals surface area contributed by atoms with Crippen LogP contribution in [0.4, 0.5) is 0 Å². The molecule has 1 aliphatic rings. The van der Waals surface area contributed by atoms with Crippen LogP contribution in [-0.4, -0.2) is 52.5 Å². The highest BCUT2D eigenvalue weighted by Crippen LogP contribution is 2.19. The molecule has 1 rings (SSSR count). The first-order valence-corrected chi connectivity index (χ1v) is 8.13. The van der Waals surface area contributed by atoms with Crippen LogP contribution in [0, 0.1) is 0 Å². The van der Waals surface area contributed by atoms with Gasteiger partial charge in [0.2, 0.25) is 0 Å². The van der Waals surface area contributed by atoms with Crippen LogP contribution in [-0.2, 0) is 9.47 Å². The van der Waals surface area contributed by atoms with Gasteiger partial charge in [-0.15, -0.1) is 0 Å². The van der Waals surface area contributed by atoms with Crippen LogP contribution in [0.3, 0.4) is 0 Å². The van der Waals surface area contributed by atoms with Gasteiger partial charge < -0.3 is 20.1 Å². The number of nitrogens with zero attached hydrogens (tertiary/aromatic N) is 1. The highest BCUT2D eigenvalue weighted by Gasteiger charge is 2.03. The number of methoxy groups -OCH3 is 1. The number of ether oxygens (including phenoxy) is 2. The molecule has 0 bridgehead atoms. The normalized spacial score (nSPS) is 15.7. The Balaban J connectivity index is 2.16. The summed E-state index contributed by atoms with van der Waals surface area (Å²) < 4.78 is 10.3. The largest absolute Gasteiger partial charge is 0.382 e. The summed E-state index contributed by atoms with van der Waals surface area (Å²) in [7, 11) is 1.68. The first kappa shape index (κ1) is 18.0. The van der Waals surface area contributed by atoms with Gasteiger partial charge in [-0.3, -0.25) is 4.99 Å². The fourth-order valence-electron chi connectivity index (χ4n) is 2.28. The molecule has 0 aliphatic heterocycles. The smallest absolute Gasteiger partial charge is 0.191 e. The van der Waals surface area contributed by atoms with E-state index in [0.29, 0.717) is 26.4 Å². The van der Waals surface area contributed by atoms with Crippen molar-refractivity contribution in [2.75, 3.05) is 46.6 Å². The molecule has 0 amide bonds. The molecular weight excluding hydrogens is 266 g/mol. The van der Waals surface area contributed by atoms with E-state index in [2.05, 4.69) is 28.6 Å². The van der Waals surface area contributed by atoms with Gasteiger partial charge in [0.1, 0.15) is 0 Å². The second kappa shape index (κ2) is 12.7. The van der Waals surface area contributed by atoms with E-state index in [0.717, 1.165) is 25.5 Å². The zero-order valence-corrected chi connectivity index (χ0v) is 13.6. The molecule has 21 heavy (non-hydrogen) atoms. The average molecular weight is 297 g/mol. The summed E-state index contributed by atoms with van der Waals surface area (Å²) in [5.41, 5.74) is 1.59. The van der Waals surface area contributed by atoms with Crippen molar-refractivity contribution in [3.8, 4) is 0 Å². The van der Waals surface area contributed by atoms with E-state index in [-0.39, 0.29) is 0 Å². The summed E-state index contributed by atoms with van der Waals surface area (Å²) >= 11 is 0. The van der Waals surface area contributed by atoms with Gasteiger partial charge in [-0.05, 0) is 39.0 Å². The van der Waals surface area contributed by atoms with Crippen LogP contribution in [0.2, 0.25) is 0 Å². The zero-order valence-electron chi connectivity index (χ0n) is 13.6. The van der Waals surface area contributed by atoms with Gasteiger partial charge in [0, 0.05) is 20.2 Å². The lowest BCUT2D eigenvalue weighted by Gasteiger charge is -2.15. The third kappa shape index (κ3) is 9.47. The van der Waals surface area contributed by atoms with Crippen molar-refractivity contribution < 1.29 is 9.47 Å². The van der Waals surface area contributed by atoms with Crippen LogP contribution in [0.1, 0.15) is 39.0 Å². The summed E-state index contributed by atoms with van der Waals surface area (Å²) in [6.07, 6.45) is 8.74. The number of guanidine groups is 1. The van der Waals surface area contributed by atoms with Gasteiger partial charge in [0.25, 0.3) is 0 Å². The quantitative estimate of drug-likeness (QED) is 0.281. The second-order valence-corrected chi connectivity index (χ2v) is 5.15. The van der Waals surface area contributed by atoms with E-state index < -0.39 is 0 Å². The molecule has 122 valence electrons. The first-order chi connectivity index (χ1) is 10.4. The Morgan fingerprint density at radius 3 is 2.86 bits per heavy atom. The number of nitrogens with one attached hydrogen (secondary N) is 2. The third-order valence-corrected chi connectivity index (χ3v) is 3.41. The number of rotatable bonds is 10. The Labute approximate surface area is 129 Å². The van der Waals surface area contributed by atoms with E-state index >= 15 is 0 Å². The summed E-state index contributed by atoms with van der Waals surface area (Å²) in [4.78, 5) is 4.50. The SMILES string of the molecule is CCNC(=NCCOCCOC)NCCC1=CCCCC1. The van der Waals surface area contributed by atoms with E-state index in [4.69, 9.17) is 9.47 Å². The standard InChI is InChI=1S/C16H31N3O2/c1-3-17-16(19-11-12-21-14-13-20-2)18-10-9-15-7-5-4-6-8-15/h7H,3-6,8-14H2,1-2H3,(H2,17,18,19). The van der Waals surface area contributed by atoms with Crippen molar-refractivity contribution in [1.29, 1.82) is 0 Å². The van der Waals surface area contributed by atoms with Crippen molar-refractivity contribution >= 4 is 5.96 Å². The minimum atomic E-state index is 0.629. The molecule has 0 atom stereocenters. The third-order valence-electron chi connectivity index (χ3n) is 3.41. The highest BCUT2D eigenvalue weighted by molar-refractivity contribution is 5.79. The maximum absolute atomic E-state index is 5.41. The molecule has 0 saturated heterocycles. The number of hydrogen-bond donors (Lipinski definition) is 2. The monoisotopic (exact) mass is 297 g/mol. The Morgan fingerprint density at radius 1 is 1.24 bits per heavy atom. The van der Waals surface area contributed by atoms with Crippen molar-refractivity contribution in [3.63, 3.8) is 0 Å². The van der Waals surface area contributed by atoms with Gasteiger partial charge >= 0.3 is 0 Å². The predicted octanol–water partition coefficient (Wildman–Crippen LogP) is 2.09. The molecule has 0 aromatic rings. The molecule has 0 radical (unpaired) electrons. The van der Waals surface area contributed by atoms with E-state index in [9.17, 15) is 0 Å². The summed E-state index contributed by atoms with van der Waals surface area (Å²) in [6.45, 7) is 6.46. The van der Waals surface area contributed by atoms with Crippen molar-refractivity contribution in [1.82, 2.24) is 10.6 Å². The summed E-state index contributed by atoms with van der Waals surface area (Å²) in [5.74, 6) is 0.879. The number of hydrogen-bond acceptors (Lipinski definition) is 3. The van der Waals surface area contributed by atoms with Gasteiger partial charge in [-0.25, -0.2) is 0 Å². The molecule has 1 aliphatic carbocycles. The number of allylic oxidation sites excluding steroid dienone is 1. The Hall–Kier alpha value is -1.07. The molecule has 0 heterocycles. The molecule has 0 saturated carbocycles. The topological polar surface area (TPSA) is 54.9 Å². The molecule has 2 N–H and O–H groups in total. The molecule has 5 heteroatoms. The minimum Gasteiger partial charge on any atom is -0.382 e. The lowest BCUT2D eigenvalue weighted by Crippen LogP contribution is -2.38.